The van der Waals surface area contributed by atoms with E-state index in [9.17, 15) is 4.79 Å². The van der Waals surface area contributed by atoms with Gasteiger partial charge in [-0.05, 0) is 31.9 Å². The monoisotopic (exact) mass is 279 g/mol. The van der Waals surface area contributed by atoms with Crippen LogP contribution in [0.15, 0.2) is 12.1 Å². The number of benzene rings is 1. The molecule has 0 saturated carbocycles. The first-order valence-corrected chi connectivity index (χ1v) is 5.81. The molecule has 0 saturated heterocycles. The number of rotatable bonds is 1. The first kappa shape index (κ1) is 13.6. The molecule has 0 aliphatic heterocycles. The highest BCUT2D eigenvalue weighted by atomic mass is 35.6. The SMILES string of the molecule is Cc1cc(C)c(NC(=O)C(Cl)(Cl)Cl)c(C)c1. The van der Waals surface area contributed by atoms with Crippen molar-refractivity contribution >= 4 is 46.4 Å². The van der Waals surface area contributed by atoms with Crippen LogP contribution in [0.4, 0.5) is 5.69 Å². The minimum absolute atomic E-state index is 0.646. The summed E-state index contributed by atoms with van der Waals surface area (Å²) in [5.74, 6) is -0.646. The minimum Gasteiger partial charge on any atom is -0.322 e. The van der Waals surface area contributed by atoms with Crippen molar-refractivity contribution < 1.29 is 4.79 Å². The maximum absolute atomic E-state index is 11.5. The van der Waals surface area contributed by atoms with E-state index in [1.807, 2.05) is 32.9 Å². The molecule has 5 heteroatoms. The number of amides is 1. The van der Waals surface area contributed by atoms with E-state index in [4.69, 9.17) is 34.8 Å². The Morgan fingerprint density at radius 1 is 1.12 bits per heavy atom. The van der Waals surface area contributed by atoms with Crippen LogP contribution in [0.2, 0.25) is 0 Å². The van der Waals surface area contributed by atoms with E-state index >= 15 is 0 Å². The number of hydrogen-bond donors (Lipinski definition) is 1. The summed E-state index contributed by atoms with van der Waals surface area (Å²) in [6.07, 6.45) is 0. The third-order valence-corrected chi connectivity index (χ3v) is 2.69. The molecule has 1 rings (SSSR count). The second-order valence-electron chi connectivity index (χ2n) is 3.73. The zero-order valence-corrected chi connectivity index (χ0v) is 11.5. The Bertz CT molecular complexity index is 401. The largest absolute Gasteiger partial charge is 0.322 e. The predicted molar refractivity (Wildman–Crippen MR) is 69.6 cm³/mol. The second-order valence-corrected chi connectivity index (χ2v) is 6.01. The van der Waals surface area contributed by atoms with E-state index in [1.165, 1.54) is 0 Å². The Balaban J connectivity index is 3.03. The Labute approximate surface area is 110 Å². The minimum atomic E-state index is -1.94. The molecule has 0 heterocycles. The van der Waals surface area contributed by atoms with Crippen LogP contribution in [-0.2, 0) is 4.79 Å². The molecular formula is C11H12Cl3NO. The Kier molecular flexibility index (Phi) is 4.11. The van der Waals surface area contributed by atoms with Gasteiger partial charge in [0.05, 0.1) is 0 Å². The fourth-order valence-corrected chi connectivity index (χ4v) is 1.70. The number of carbonyl (C=O) groups is 1. The summed E-state index contributed by atoms with van der Waals surface area (Å²) in [4.78, 5) is 11.5. The molecule has 0 fully saturated rings. The van der Waals surface area contributed by atoms with Crippen LogP contribution >= 0.6 is 34.8 Å². The molecule has 1 aromatic carbocycles. The molecule has 1 N–H and O–H groups in total. The molecule has 2 nitrogen and oxygen atoms in total. The molecule has 16 heavy (non-hydrogen) atoms. The van der Waals surface area contributed by atoms with Gasteiger partial charge in [0.25, 0.3) is 9.70 Å². The van der Waals surface area contributed by atoms with Crippen LogP contribution in [0.1, 0.15) is 16.7 Å². The van der Waals surface area contributed by atoms with E-state index in [2.05, 4.69) is 5.32 Å². The van der Waals surface area contributed by atoms with Gasteiger partial charge < -0.3 is 5.32 Å². The molecule has 0 aliphatic rings. The highest BCUT2D eigenvalue weighted by molar-refractivity contribution is 6.76. The van der Waals surface area contributed by atoms with Crippen molar-refractivity contribution in [3.8, 4) is 0 Å². The average molecular weight is 281 g/mol. The Morgan fingerprint density at radius 2 is 1.56 bits per heavy atom. The number of carbonyl (C=O) groups excluding carboxylic acids is 1. The van der Waals surface area contributed by atoms with Gasteiger partial charge in [0, 0.05) is 5.69 Å². The fraction of sp³-hybridized carbons (Fsp3) is 0.364. The number of halogens is 3. The van der Waals surface area contributed by atoms with Gasteiger partial charge in [0.1, 0.15) is 0 Å². The third kappa shape index (κ3) is 3.27. The van der Waals surface area contributed by atoms with Crippen molar-refractivity contribution in [1.82, 2.24) is 0 Å². The lowest BCUT2D eigenvalue weighted by Crippen LogP contribution is -2.27. The topological polar surface area (TPSA) is 29.1 Å². The molecule has 0 radical (unpaired) electrons. The van der Waals surface area contributed by atoms with Gasteiger partial charge in [-0.15, -0.1) is 0 Å². The summed E-state index contributed by atoms with van der Waals surface area (Å²) in [6.45, 7) is 5.78. The van der Waals surface area contributed by atoms with Crippen LogP contribution in [-0.4, -0.2) is 9.70 Å². The fourth-order valence-electron chi connectivity index (χ4n) is 1.56. The van der Waals surface area contributed by atoms with Crippen molar-refractivity contribution in [3.63, 3.8) is 0 Å². The molecule has 0 aliphatic carbocycles. The number of alkyl halides is 3. The molecule has 0 unspecified atom stereocenters. The lowest BCUT2D eigenvalue weighted by atomic mass is 10.1. The molecule has 1 amide bonds. The normalized spacial score (nSPS) is 11.4. The molecule has 0 atom stereocenters. The van der Waals surface area contributed by atoms with E-state index in [1.54, 1.807) is 0 Å². The maximum atomic E-state index is 11.5. The zero-order valence-electron chi connectivity index (χ0n) is 9.20. The first-order valence-electron chi connectivity index (χ1n) is 4.68. The number of aryl methyl sites for hydroxylation is 3. The van der Waals surface area contributed by atoms with Crippen molar-refractivity contribution in [2.75, 3.05) is 5.32 Å². The van der Waals surface area contributed by atoms with Crippen molar-refractivity contribution in [3.05, 3.63) is 28.8 Å². The zero-order chi connectivity index (χ0) is 12.5. The third-order valence-electron chi connectivity index (χ3n) is 2.17. The van der Waals surface area contributed by atoms with E-state index in [0.29, 0.717) is 5.69 Å². The van der Waals surface area contributed by atoms with Gasteiger partial charge >= 0.3 is 0 Å². The van der Waals surface area contributed by atoms with Crippen molar-refractivity contribution in [2.24, 2.45) is 0 Å². The highest BCUT2D eigenvalue weighted by Gasteiger charge is 2.31. The average Bonchev–Trinajstić information content (AvgIpc) is 2.08. The summed E-state index contributed by atoms with van der Waals surface area (Å²) in [5, 5.41) is 2.61. The van der Waals surface area contributed by atoms with Crippen LogP contribution in [0.5, 0.6) is 0 Å². The lowest BCUT2D eigenvalue weighted by molar-refractivity contribution is -0.115. The van der Waals surface area contributed by atoms with Gasteiger partial charge in [-0.2, -0.15) is 0 Å². The second kappa shape index (κ2) is 4.82. The summed E-state index contributed by atoms with van der Waals surface area (Å²) in [6, 6.07) is 3.92. The van der Waals surface area contributed by atoms with Crippen LogP contribution in [0, 0.1) is 20.8 Å². The first-order chi connectivity index (χ1) is 7.21. The van der Waals surface area contributed by atoms with Gasteiger partial charge in [-0.1, -0.05) is 52.5 Å². The van der Waals surface area contributed by atoms with Gasteiger partial charge in [0.2, 0.25) is 0 Å². The van der Waals surface area contributed by atoms with Crippen molar-refractivity contribution in [1.29, 1.82) is 0 Å². The predicted octanol–water partition coefficient (Wildman–Crippen LogP) is 3.92. The van der Waals surface area contributed by atoms with Gasteiger partial charge in [0.15, 0.2) is 0 Å². The number of anilines is 1. The Hall–Kier alpha value is -0.440. The van der Waals surface area contributed by atoms with Crippen LogP contribution < -0.4 is 5.32 Å². The molecule has 1 aromatic rings. The highest BCUT2D eigenvalue weighted by Crippen LogP contribution is 2.29. The summed E-state index contributed by atoms with van der Waals surface area (Å²) in [7, 11) is 0. The summed E-state index contributed by atoms with van der Waals surface area (Å²) < 4.78 is -1.94. The van der Waals surface area contributed by atoms with E-state index < -0.39 is 9.70 Å². The van der Waals surface area contributed by atoms with E-state index in [-0.39, 0.29) is 0 Å². The molecule has 0 bridgehead atoms. The van der Waals surface area contributed by atoms with E-state index in [0.717, 1.165) is 16.7 Å². The van der Waals surface area contributed by atoms with Crippen LogP contribution in [0.25, 0.3) is 0 Å². The summed E-state index contributed by atoms with van der Waals surface area (Å²) >= 11 is 16.5. The standard InChI is InChI=1S/C11H12Cl3NO/c1-6-4-7(2)9(8(3)5-6)15-10(16)11(12,13)14/h4-5H,1-3H3,(H,15,16). The number of hydrogen-bond acceptors (Lipinski definition) is 1. The van der Waals surface area contributed by atoms with Gasteiger partial charge in [-0.3, -0.25) is 4.79 Å². The molecule has 0 spiro atoms. The smallest absolute Gasteiger partial charge is 0.276 e. The van der Waals surface area contributed by atoms with Gasteiger partial charge in [-0.25, -0.2) is 0 Å². The van der Waals surface area contributed by atoms with Crippen LogP contribution in [0.3, 0.4) is 0 Å². The summed E-state index contributed by atoms with van der Waals surface area (Å²) in [5.41, 5.74) is 3.71. The quantitative estimate of drug-likeness (QED) is 0.776. The van der Waals surface area contributed by atoms with Crippen molar-refractivity contribution in [2.45, 2.75) is 24.6 Å². The Morgan fingerprint density at radius 3 is 1.94 bits per heavy atom. The maximum Gasteiger partial charge on any atom is 0.276 e. The molecule has 0 aromatic heterocycles. The molecular weight excluding hydrogens is 268 g/mol. The number of nitrogens with one attached hydrogen (secondary N) is 1. The lowest BCUT2D eigenvalue weighted by Gasteiger charge is -2.16. The molecule has 88 valence electrons.